The smallest absolute Gasteiger partial charge is 0.366 e. The number of nitrogens with zero attached hydrogens (tertiary/aromatic N) is 2. The Morgan fingerprint density at radius 3 is 1.35 bits per heavy atom. The normalized spacial score (nSPS) is 16.2. The van der Waals surface area contributed by atoms with Gasteiger partial charge in [-0.3, -0.25) is 0 Å². The maximum Gasteiger partial charge on any atom is 0.366 e. The fraction of sp³-hybridized carbons (Fsp3) is 0.261. The molecule has 4 aliphatic heterocycles. The first-order valence-corrected chi connectivity index (χ1v) is 19.3. The number of fused-ring (bicyclic) bond motifs is 6. The first-order chi connectivity index (χ1) is 26.4. The van der Waals surface area contributed by atoms with Crippen LogP contribution in [-0.2, 0) is 25.7 Å². The van der Waals surface area contributed by atoms with Crippen LogP contribution >= 0.6 is 0 Å². The van der Waals surface area contributed by atoms with Gasteiger partial charge in [-0.05, 0) is 97.9 Å². The van der Waals surface area contributed by atoms with Crippen molar-refractivity contribution >= 4 is 67.2 Å². The Kier molecular flexibility index (Phi) is 6.85. The van der Waals surface area contributed by atoms with Crippen LogP contribution in [0.25, 0.3) is 66.1 Å². The van der Waals surface area contributed by atoms with E-state index in [1.165, 1.54) is 33.6 Å². The summed E-state index contributed by atoms with van der Waals surface area (Å²) < 4.78 is 14.2. The van der Waals surface area contributed by atoms with Crippen LogP contribution in [0.2, 0.25) is 0 Å². The quantitative estimate of drug-likeness (QED) is 0.137. The predicted octanol–water partition coefficient (Wildman–Crippen LogP) is 10.2. The van der Waals surface area contributed by atoms with Gasteiger partial charge in [-0.2, -0.15) is 0 Å². The molecule has 0 spiro atoms. The second kappa shape index (κ2) is 11.7. The van der Waals surface area contributed by atoms with E-state index in [1.54, 1.807) is 24.3 Å². The minimum Gasteiger partial charge on any atom is -0.478 e. The van der Waals surface area contributed by atoms with Crippen LogP contribution < -0.4 is 9.80 Å². The summed E-state index contributed by atoms with van der Waals surface area (Å²) in [6, 6.07) is 23.0. The van der Waals surface area contributed by atoms with E-state index in [0.717, 1.165) is 121 Å². The molecule has 266 valence electrons. The molecule has 0 radical (unpaired) electrons. The average Bonchev–Trinajstić information content (AvgIpc) is 3.19. The molecule has 8 nitrogen and oxygen atoms in total. The van der Waals surface area contributed by atoms with Gasteiger partial charge in [0.15, 0.2) is 0 Å². The van der Waals surface area contributed by atoms with Gasteiger partial charge in [0.2, 0.25) is 0 Å². The molecule has 2 N–H and O–H groups in total. The van der Waals surface area contributed by atoms with Crippen LogP contribution in [0.15, 0.2) is 81.6 Å². The van der Waals surface area contributed by atoms with Crippen LogP contribution in [-0.4, -0.2) is 48.3 Å². The Morgan fingerprint density at radius 1 is 0.519 bits per heavy atom. The van der Waals surface area contributed by atoms with Crippen molar-refractivity contribution in [2.45, 2.75) is 51.4 Å². The number of carboxylic acid groups (broad SMARTS) is 2. The van der Waals surface area contributed by atoms with E-state index in [4.69, 9.17) is 8.83 Å². The highest BCUT2D eigenvalue weighted by Crippen LogP contribution is 2.50. The number of aryl methyl sites for hydroxylation is 4. The molecular weight excluding hydrogens is 677 g/mol. The Morgan fingerprint density at radius 2 is 0.926 bits per heavy atom. The summed E-state index contributed by atoms with van der Waals surface area (Å²) in [5.74, 6) is -1.98. The van der Waals surface area contributed by atoms with Gasteiger partial charge in [-0.15, -0.1) is 0 Å². The number of carboxylic acids is 2. The van der Waals surface area contributed by atoms with Crippen molar-refractivity contribution in [2.24, 2.45) is 0 Å². The number of hydrogen-bond acceptors (Lipinski definition) is 4. The lowest BCUT2D eigenvalue weighted by atomic mass is 9.85. The highest BCUT2D eigenvalue weighted by Gasteiger charge is 2.37. The molecule has 11 rings (SSSR count). The Bertz CT molecular complexity index is 2630. The van der Waals surface area contributed by atoms with E-state index in [0.29, 0.717) is 22.3 Å². The number of anilines is 2. The molecule has 7 aromatic rings. The Balaban J connectivity index is 1.34. The molecule has 2 aromatic heterocycles. The van der Waals surface area contributed by atoms with Gasteiger partial charge in [0.05, 0.1) is 67.3 Å². The Hall–Kier alpha value is -6.02. The lowest BCUT2D eigenvalue weighted by molar-refractivity contribution is 0.0687. The number of carbonyl (C=O) groups is 2. The first kappa shape index (κ1) is 31.5. The van der Waals surface area contributed by atoms with Gasteiger partial charge in [0.1, 0.15) is 0 Å². The van der Waals surface area contributed by atoms with Crippen molar-refractivity contribution in [1.82, 2.24) is 0 Å². The summed E-state index contributed by atoms with van der Waals surface area (Å²) in [5.41, 5.74) is 13.6. The molecule has 0 atom stereocenters. The van der Waals surface area contributed by atoms with Crippen LogP contribution in [0.4, 0.5) is 11.4 Å². The highest BCUT2D eigenvalue weighted by molar-refractivity contribution is 6.19. The van der Waals surface area contributed by atoms with Crippen molar-refractivity contribution in [3.8, 4) is 22.3 Å². The molecular formula is C46H38N2O6+2. The minimum absolute atomic E-state index is 0.224. The monoisotopic (exact) mass is 714 g/mol. The van der Waals surface area contributed by atoms with Gasteiger partial charge in [-0.1, -0.05) is 36.4 Å². The molecule has 0 bridgehead atoms. The molecule has 54 heavy (non-hydrogen) atoms. The largest absolute Gasteiger partial charge is 0.478 e. The molecule has 8 heteroatoms. The van der Waals surface area contributed by atoms with Crippen molar-refractivity contribution < 1.29 is 28.6 Å². The standard InChI is InChI=1S/C46H36N2O6/c49-45(50)29-13-3-1-11-27(29)39-33-23-38-34(24-37(33)53-43-31-15-7-19-47-17-5-9-25(41(31)47)21-35(39)43)40(28-12-2-4-14-30(28)46(51)52)36-22-26-10-6-18-48-20-8-16-32(42(26)48)44(36)54-38/h1-4,11-14,21-24H,5-10,15-20H2/p+2. The fourth-order valence-corrected chi connectivity index (χ4v) is 10.3. The second-order valence-corrected chi connectivity index (χ2v) is 15.4. The summed E-state index contributed by atoms with van der Waals surface area (Å²) in [7, 11) is 0. The van der Waals surface area contributed by atoms with E-state index < -0.39 is 11.9 Å². The first-order valence-electron chi connectivity index (χ1n) is 19.3. The lowest BCUT2D eigenvalue weighted by Gasteiger charge is -2.36. The van der Waals surface area contributed by atoms with Crippen LogP contribution in [0, 0.1) is 0 Å². The highest BCUT2D eigenvalue weighted by atomic mass is 16.4. The van der Waals surface area contributed by atoms with E-state index in [9.17, 15) is 19.8 Å². The van der Waals surface area contributed by atoms with Crippen LogP contribution in [0.1, 0.15) is 68.7 Å². The van der Waals surface area contributed by atoms with Crippen molar-refractivity contribution in [3.05, 3.63) is 106 Å². The number of aromatic carboxylic acids is 2. The molecule has 5 aromatic carbocycles. The summed E-state index contributed by atoms with van der Waals surface area (Å²) in [4.78, 5) is 30.7. The zero-order chi connectivity index (χ0) is 36.2. The summed E-state index contributed by atoms with van der Waals surface area (Å²) in [5, 5.41) is 24.4. The third kappa shape index (κ3) is 4.49. The molecule has 0 saturated carbocycles. The minimum atomic E-state index is -0.990. The summed E-state index contributed by atoms with van der Waals surface area (Å²) in [6.07, 6.45) is 7.85. The van der Waals surface area contributed by atoms with Gasteiger partial charge < -0.3 is 20.0 Å². The lowest BCUT2D eigenvalue weighted by Crippen LogP contribution is -2.34. The van der Waals surface area contributed by atoms with E-state index >= 15 is 0 Å². The fourth-order valence-electron chi connectivity index (χ4n) is 10.3. The van der Waals surface area contributed by atoms with E-state index in [2.05, 4.69) is 21.9 Å². The molecule has 0 aliphatic carbocycles. The summed E-state index contributed by atoms with van der Waals surface area (Å²) >= 11 is 0. The van der Waals surface area contributed by atoms with Crippen LogP contribution in [0.5, 0.6) is 0 Å². The topological polar surface area (TPSA) is 104 Å². The second-order valence-electron chi connectivity index (χ2n) is 15.4. The predicted molar refractivity (Wildman–Crippen MR) is 212 cm³/mol. The molecule has 0 unspecified atom stereocenters. The third-order valence-corrected chi connectivity index (χ3v) is 12.4. The van der Waals surface area contributed by atoms with Gasteiger partial charge >= 0.3 is 34.3 Å². The SMILES string of the molecule is O=C(O)c1ccccc1-c1c2cc3[o+]c4c5c6c(cc4c(-c4ccccc4C(=O)O)c3cc2[o+]c2c3c4c(cc12)CCCN4CCC3)CCCN6CCC5. The number of benzene rings is 5. The van der Waals surface area contributed by atoms with Crippen molar-refractivity contribution in [2.75, 3.05) is 36.0 Å². The average molecular weight is 715 g/mol. The molecule has 4 aliphatic rings. The number of hydrogen-bond donors (Lipinski definition) is 2. The molecule has 0 saturated heterocycles. The van der Waals surface area contributed by atoms with E-state index in [-0.39, 0.29) is 11.1 Å². The third-order valence-electron chi connectivity index (χ3n) is 12.4. The maximum atomic E-state index is 12.8. The van der Waals surface area contributed by atoms with Crippen molar-refractivity contribution in [1.29, 1.82) is 0 Å². The molecule has 0 fully saturated rings. The van der Waals surface area contributed by atoms with Gasteiger partial charge in [0.25, 0.3) is 0 Å². The van der Waals surface area contributed by atoms with Crippen molar-refractivity contribution in [3.63, 3.8) is 0 Å². The zero-order valence-corrected chi connectivity index (χ0v) is 29.8. The molecule has 6 heterocycles. The Labute approximate surface area is 310 Å². The molecule has 0 amide bonds. The van der Waals surface area contributed by atoms with Gasteiger partial charge in [0, 0.05) is 37.3 Å². The number of rotatable bonds is 4. The van der Waals surface area contributed by atoms with Gasteiger partial charge in [-0.25, -0.2) is 18.4 Å². The van der Waals surface area contributed by atoms with E-state index in [1.807, 2.05) is 36.4 Å². The maximum absolute atomic E-state index is 12.8. The zero-order valence-electron chi connectivity index (χ0n) is 29.8. The summed E-state index contributed by atoms with van der Waals surface area (Å²) in [6.45, 7) is 4.07. The van der Waals surface area contributed by atoms with Crippen LogP contribution in [0.3, 0.4) is 0 Å².